The summed E-state index contributed by atoms with van der Waals surface area (Å²) in [4.78, 5) is 6.80. The second kappa shape index (κ2) is 17.6. The van der Waals surface area contributed by atoms with Gasteiger partial charge in [-0.05, 0) is 40.0 Å². The first kappa shape index (κ1) is 42.9. The number of nitrogens with zero attached hydrogens (tertiary/aromatic N) is 9. The molecular weight excluding hydrogens is 748 g/mol. The number of halogens is 1. The van der Waals surface area contributed by atoms with Crippen LogP contribution < -0.4 is 15.4 Å². The number of sulfonamides is 3. The first-order valence-corrected chi connectivity index (χ1v) is 21.9. The van der Waals surface area contributed by atoms with Crippen LogP contribution in [-0.4, -0.2) is 115 Å². The van der Waals surface area contributed by atoms with Crippen molar-refractivity contribution >= 4 is 42.2 Å². The lowest BCUT2D eigenvalue weighted by Crippen LogP contribution is -2.39. The molecule has 3 aliphatic rings. The molecule has 6 rings (SSSR count). The normalized spacial score (nSPS) is 18.6. The standard InChI is InChI=1S/3C9H16N4O2S.CH3FS/c3*1-7(13-4-3-5-13)8-6-9(11-12(8)2)16(10,14)15;1-3-2/h3*6-7H,3-5H2,1-2H3,(H2,10,14,15);1H3. The van der Waals surface area contributed by atoms with E-state index in [1.165, 1.54) is 25.5 Å². The molecular formula is C28H51FN12O6S4. The number of primary sulfonamides is 3. The van der Waals surface area contributed by atoms with E-state index >= 15 is 0 Å². The maximum atomic E-state index is 11.2. The van der Waals surface area contributed by atoms with Gasteiger partial charge in [-0.25, -0.2) is 40.7 Å². The Morgan fingerprint density at radius 2 is 0.765 bits per heavy atom. The third-order valence-electron chi connectivity index (χ3n) is 9.15. The van der Waals surface area contributed by atoms with Crippen molar-refractivity contribution in [2.75, 3.05) is 45.5 Å². The van der Waals surface area contributed by atoms with Gasteiger partial charge in [-0.1, -0.05) is 0 Å². The van der Waals surface area contributed by atoms with Crippen molar-refractivity contribution in [3.05, 3.63) is 35.3 Å². The van der Waals surface area contributed by atoms with Crippen LogP contribution in [-0.2, 0) is 51.2 Å². The van der Waals surface area contributed by atoms with E-state index < -0.39 is 30.1 Å². The van der Waals surface area contributed by atoms with Crippen molar-refractivity contribution < 1.29 is 29.1 Å². The highest BCUT2D eigenvalue weighted by atomic mass is 32.2. The van der Waals surface area contributed by atoms with Crippen molar-refractivity contribution in [1.29, 1.82) is 0 Å². The molecule has 3 aromatic rings. The van der Waals surface area contributed by atoms with E-state index in [0.29, 0.717) is 0 Å². The lowest BCUT2D eigenvalue weighted by Gasteiger charge is -2.36. The van der Waals surface area contributed by atoms with E-state index in [-0.39, 0.29) is 45.4 Å². The fourth-order valence-electron chi connectivity index (χ4n) is 5.70. The molecule has 6 heterocycles. The van der Waals surface area contributed by atoms with E-state index in [0.717, 1.165) is 56.4 Å². The lowest BCUT2D eigenvalue weighted by atomic mass is 10.1. The average molecular weight is 799 g/mol. The smallest absolute Gasteiger partial charge is 0.257 e. The number of hydrogen-bond donors (Lipinski definition) is 3. The van der Waals surface area contributed by atoms with Gasteiger partial charge in [0, 0.05) is 115 Å². The van der Waals surface area contributed by atoms with Gasteiger partial charge in [-0.3, -0.25) is 28.7 Å². The summed E-state index contributed by atoms with van der Waals surface area (Å²) in [6, 6.07) is 5.21. The van der Waals surface area contributed by atoms with Gasteiger partial charge < -0.3 is 0 Å². The molecule has 3 saturated heterocycles. The highest BCUT2D eigenvalue weighted by Gasteiger charge is 2.28. The number of likely N-dealkylation sites (tertiary alicyclic amines) is 3. The zero-order valence-corrected chi connectivity index (χ0v) is 33.3. The summed E-state index contributed by atoms with van der Waals surface area (Å²) >= 11 is 0.250. The van der Waals surface area contributed by atoms with Crippen LogP contribution in [0.4, 0.5) is 3.89 Å². The Hall–Kier alpha value is -2.48. The number of nitrogens with two attached hydrogens (primary N) is 3. The fourth-order valence-corrected chi connectivity index (χ4v) is 7.26. The minimum absolute atomic E-state index is 0.0580. The molecule has 0 amide bonds. The molecule has 3 atom stereocenters. The Morgan fingerprint density at radius 1 is 0.569 bits per heavy atom. The Labute approximate surface area is 304 Å². The lowest BCUT2D eigenvalue weighted by molar-refractivity contribution is 0.123. The van der Waals surface area contributed by atoms with Gasteiger partial charge in [-0.15, -0.1) is 0 Å². The topological polar surface area (TPSA) is 244 Å². The number of aromatic nitrogens is 6. The monoisotopic (exact) mass is 798 g/mol. The molecule has 3 fully saturated rings. The third kappa shape index (κ3) is 11.3. The predicted molar refractivity (Wildman–Crippen MR) is 192 cm³/mol. The van der Waals surface area contributed by atoms with Crippen LogP contribution in [0.2, 0.25) is 0 Å². The molecule has 3 aliphatic heterocycles. The molecule has 0 aromatic carbocycles. The molecule has 0 saturated carbocycles. The maximum Gasteiger partial charge on any atom is 0.257 e. The molecule has 0 bridgehead atoms. The molecule has 23 heteroatoms. The summed E-state index contributed by atoms with van der Waals surface area (Å²) in [5.41, 5.74) is 2.64. The minimum Gasteiger partial charge on any atom is -0.295 e. The Balaban J connectivity index is 0.000000199. The van der Waals surface area contributed by atoms with Crippen molar-refractivity contribution in [2.45, 2.75) is 73.2 Å². The van der Waals surface area contributed by atoms with Crippen LogP contribution in [0.1, 0.15) is 75.2 Å². The van der Waals surface area contributed by atoms with Crippen LogP contribution in [0, 0.1) is 0 Å². The molecule has 0 aliphatic carbocycles. The van der Waals surface area contributed by atoms with Crippen molar-refractivity contribution in [3.8, 4) is 0 Å². The molecule has 3 aromatic heterocycles. The van der Waals surface area contributed by atoms with Crippen LogP contribution in [0.25, 0.3) is 0 Å². The van der Waals surface area contributed by atoms with Crippen molar-refractivity contribution in [3.63, 3.8) is 0 Å². The van der Waals surface area contributed by atoms with Crippen LogP contribution >= 0.6 is 12.1 Å². The van der Waals surface area contributed by atoms with Crippen LogP contribution in [0.5, 0.6) is 0 Å². The molecule has 290 valence electrons. The summed E-state index contributed by atoms with van der Waals surface area (Å²) in [6.07, 6.45) is 4.97. The largest absolute Gasteiger partial charge is 0.295 e. The summed E-state index contributed by atoms with van der Waals surface area (Å²) < 4.78 is 81.9. The second-order valence-corrected chi connectivity index (χ2v) is 17.4. The molecule has 51 heavy (non-hydrogen) atoms. The van der Waals surface area contributed by atoms with Crippen LogP contribution in [0.3, 0.4) is 0 Å². The Morgan fingerprint density at radius 3 is 0.882 bits per heavy atom. The number of rotatable bonds is 9. The maximum absolute atomic E-state index is 11.2. The highest BCUT2D eigenvalue weighted by Crippen LogP contribution is 2.28. The van der Waals surface area contributed by atoms with Gasteiger partial charge in [0.05, 0.1) is 17.1 Å². The van der Waals surface area contributed by atoms with E-state index in [1.54, 1.807) is 53.4 Å². The number of aryl methyl sites for hydroxylation is 3. The van der Waals surface area contributed by atoms with E-state index in [2.05, 4.69) is 30.0 Å². The Kier molecular flexibility index (Phi) is 14.8. The van der Waals surface area contributed by atoms with E-state index in [1.807, 2.05) is 20.8 Å². The van der Waals surface area contributed by atoms with Gasteiger partial charge in [0.15, 0.2) is 15.1 Å². The summed E-state index contributed by atoms with van der Waals surface area (Å²) in [5, 5.41) is 26.7. The first-order chi connectivity index (χ1) is 23.6. The van der Waals surface area contributed by atoms with E-state index in [9.17, 15) is 29.1 Å². The molecule has 0 spiro atoms. The first-order valence-electron chi connectivity index (χ1n) is 16.2. The highest BCUT2D eigenvalue weighted by molar-refractivity contribution is 7.93. The zero-order chi connectivity index (χ0) is 38.5. The number of hydrogen-bond acceptors (Lipinski definition) is 13. The van der Waals surface area contributed by atoms with Gasteiger partial charge in [-0.2, -0.15) is 19.2 Å². The molecule has 6 N–H and O–H groups in total. The van der Waals surface area contributed by atoms with Gasteiger partial charge >= 0.3 is 0 Å². The quantitative estimate of drug-likeness (QED) is 0.271. The van der Waals surface area contributed by atoms with E-state index in [4.69, 9.17) is 15.4 Å². The third-order valence-corrected chi connectivity index (χ3v) is 11.5. The second-order valence-electron chi connectivity index (χ2n) is 12.6. The Bertz CT molecular complexity index is 1720. The zero-order valence-electron chi connectivity index (χ0n) is 30.0. The average Bonchev–Trinajstić information content (AvgIpc) is 3.62. The fraction of sp³-hybridized carbons (Fsp3) is 0.679. The molecule has 0 radical (unpaired) electrons. The van der Waals surface area contributed by atoms with Gasteiger partial charge in [0.1, 0.15) is 0 Å². The minimum atomic E-state index is -3.70. The predicted octanol–water partition coefficient (Wildman–Crippen LogP) is 0.737. The summed E-state index contributed by atoms with van der Waals surface area (Å²) in [7, 11) is -5.90. The SMILES string of the molecule is CC(c1cc(S(N)(=O)=O)nn1C)N1CCC1.CC(c1cc(S(N)(=O)=O)nn1C)N1CCC1.CC(c1cc(S(N)(=O)=O)nn1C)N1CCC1.CSF. The van der Waals surface area contributed by atoms with Gasteiger partial charge in [0.2, 0.25) is 0 Å². The van der Waals surface area contributed by atoms with Crippen molar-refractivity contribution in [2.24, 2.45) is 36.6 Å². The van der Waals surface area contributed by atoms with Crippen LogP contribution in [0.15, 0.2) is 33.3 Å². The molecule has 3 unspecified atom stereocenters. The van der Waals surface area contributed by atoms with Gasteiger partial charge in [0.25, 0.3) is 30.1 Å². The molecule has 18 nitrogen and oxygen atoms in total. The van der Waals surface area contributed by atoms with Crippen molar-refractivity contribution in [1.82, 2.24) is 44.0 Å². The summed E-state index contributed by atoms with van der Waals surface area (Å²) in [6.45, 7) is 12.4. The summed E-state index contributed by atoms with van der Waals surface area (Å²) in [5.74, 6) is 0.